The molecule has 0 aromatic carbocycles. The minimum absolute atomic E-state index is 0.0917. The van der Waals surface area contributed by atoms with E-state index in [-0.39, 0.29) is 11.1 Å². The summed E-state index contributed by atoms with van der Waals surface area (Å²) in [6, 6.07) is 8.29. The fraction of sp³-hybridized carbons (Fsp3) is 0.364. The van der Waals surface area contributed by atoms with Crippen molar-refractivity contribution in [2.75, 3.05) is 0 Å². The summed E-state index contributed by atoms with van der Waals surface area (Å²) in [6.45, 7) is 0. The Bertz CT molecular complexity index is 1130. The van der Waals surface area contributed by atoms with Gasteiger partial charge < -0.3 is 11.5 Å². The molecular weight excluding hydrogens is 511 g/mol. The van der Waals surface area contributed by atoms with Crippen molar-refractivity contribution < 1.29 is 0 Å². The lowest BCUT2D eigenvalue weighted by atomic mass is 9.73. The molecule has 4 heterocycles. The summed E-state index contributed by atoms with van der Waals surface area (Å²) in [4.78, 5) is 0. The number of fused-ring (bicyclic) bond motifs is 2. The zero-order valence-corrected chi connectivity index (χ0v) is 19.5. The van der Waals surface area contributed by atoms with Gasteiger partial charge in [0.15, 0.2) is 0 Å². The van der Waals surface area contributed by atoms with E-state index >= 15 is 0 Å². The first-order valence-corrected chi connectivity index (χ1v) is 11.7. The van der Waals surface area contributed by atoms with Crippen LogP contribution < -0.4 is 11.5 Å². The van der Waals surface area contributed by atoms with Crippen molar-refractivity contribution in [1.29, 1.82) is 0 Å². The molecule has 2 aliphatic rings. The highest BCUT2D eigenvalue weighted by Gasteiger charge is 2.35. The Kier molecular flexibility index (Phi) is 5.04. The second-order valence-electron chi connectivity index (χ2n) is 8.50. The molecule has 4 aromatic heterocycles. The molecule has 2 saturated carbocycles. The Morgan fingerprint density at radius 2 is 1.30 bits per heavy atom. The minimum Gasteiger partial charge on any atom is -0.321 e. The molecule has 0 bridgehead atoms. The molecule has 0 atom stereocenters. The number of aromatic nitrogens is 4. The lowest BCUT2D eigenvalue weighted by molar-refractivity contribution is 0.252. The van der Waals surface area contributed by atoms with E-state index < -0.39 is 0 Å². The highest BCUT2D eigenvalue weighted by atomic mass is 127. The first-order chi connectivity index (χ1) is 14.4. The standard InChI is InChI=1S/C11H12ClN3.C11H12IN3/c2*12-9-6-14-15-7-8(2-3-10(9)15)11(13)4-1-5-11/h2*2-3,6-7H,1,4-5,13H2. The van der Waals surface area contributed by atoms with Crippen LogP contribution in [-0.4, -0.2) is 19.2 Å². The smallest absolute Gasteiger partial charge is 0.0864 e. The SMILES string of the molecule is NC1(c2ccc3c(Cl)cnn3c2)CCC1.NC1(c2ccc3c(I)cnn3c2)CCC1. The van der Waals surface area contributed by atoms with Crippen LogP contribution in [0.1, 0.15) is 49.7 Å². The third-order valence-corrected chi connectivity index (χ3v) is 7.70. The molecule has 2 fully saturated rings. The molecule has 156 valence electrons. The van der Waals surface area contributed by atoms with Crippen molar-refractivity contribution in [2.24, 2.45) is 11.5 Å². The van der Waals surface area contributed by atoms with Crippen molar-refractivity contribution in [3.63, 3.8) is 0 Å². The quantitative estimate of drug-likeness (QED) is 0.368. The summed E-state index contributed by atoms with van der Waals surface area (Å²) in [7, 11) is 0. The number of nitrogens with zero attached hydrogens (tertiary/aromatic N) is 4. The van der Waals surface area contributed by atoms with Crippen LogP contribution in [0, 0.1) is 3.57 Å². The average molecular weight is 535 g/mol. The molecule has 0 radical (unpaired) electrons. The van der Waals surface area contributed by atoms with E-state index in [0.717, 1.165) is 42.3 Å². The largest absolute Gasteiger partial charge is 0.321 e. The Balaban J connectivity index is 0.000000128. The maximum absolute atomic E-state index is 6.28. The second kappa shape index (κ2) is 7.47. The highest BCUT2D eigenvalue weighted by molar-refractivity contribution is 14.1. The normalized spacial score (nSPS) is 19.1. The van der Waals surface area contributed by atoms with E-state index in [1.165, 1.54) is 22.0 Å². The molecule has 6 nitrogen and oxygen atoms in total. The van der Waals surface area contributed by atoms with Gasteiger partial charge in [0.25, 0.3) is 0 Å². The number of hydrogen-bond donors (Lipinski definition) is 2. The molecule has 6 rings (SSSR count). The maximum atomic E-state index is 6.28. The van der Waals surface area contributed by atoms with Crippen LogP contribution in [-0.2, 0) is 11.1 Å². The summed E-state index contributed by atoms with van der Waals surface area (Å²) in [5.74, 6) is 0. The van der Waals surface area contributed by atoms with Crippen LogP contribution >= 0.6 is 34.2 Å². The number of rotatable bonds is 2. The molecule has 0 aliphatic heterocycles. The Hall–Kier alpha value is -1.68. The Labute approximate surface area is 193 Å². The summed E-state index contributed by atoms with van der Waals surface area (Å²) < 4.78 is 4.90. The molecule has 4 aromatic rings. The average Bonchev–Trinajstić information content (AvgIpc) is 3.27. The third-order valence-electron chi connectivity index (χ3n) is 6.58. The maximum Gasteiger partial charge on any atom is 0.0864 e. The molecule has 0 unspecified atom stereocenters. The first kappa shape index (κ1) is 20.2. The van der Waals surface area contributed by atoms with E-state index in [0.29, 0.717) is 5.02 Å². The lowest BCUT2D eigenvalue weighted by Gasteiger charge is -2.38. The van der Waals surface area contributed by atoms with Gasteiger partial charge >= 0.3 is 0 Å². The third kappa shape index (κ3) is 3.41. The topological polar surface area (TPSA) is 86.6 Å². The monoisotopic (exact) mass is 534 g/mol. The zero-order chi connectivity index (χ0) is 20.9. The van der Waals surface area contributed by atoms with Gasteiger partial charge in [-0.1, -0.05) is 23.7 Å². The Morgan fingerprint density at radius 3 is 1.83 bits per heavy atom. The fourth-order valence-electron chi connectivity index (χ4n) is 4.19. The van der Waals surface area contributed by atoms with Gasteiger partial charge in [-0.25, -0.2) is 9.03 Å². The van der Waals surface area contributed by atoms with Crippen molar-refractivity contribution in [1.82, 2.24) is 19.2 Å². The van der Waals surface area contributed by atoms with Gasteiger partial charge in [0.2, 0.25) is 0 Å². The van der Waals surface area contributed by atoms with E-state index in [9.17, 15) is 0 Å². The van der Waals surface area contributed by atoms with Gasteiger partial charge in [0.1, 0.15) is 0 Å². The zero-order valence-electron chi connectivity index (χ0n) is 16.6. The van der Waals surface area contributed by atoms with Crippen molar-refractivity contribution in [3.05, 3.63) is 68.8 Å². The summed E-state index contributed by atoms with van der Waals surface area (Å²) in [6.07, 6.45) is 14.4. The highest BCUT2D eigenvalue weighted by Crippen LogP contribution is 2.39. The van der Waals surface area contributed by atoms with Crippen LogP contribution in [0.4, 0.5) is 0 Å². The number of nitrogens with two attached hydrogens (primary N) is 2. The van der Waals surface area contributed by atoms with Gasteiger partial charge in [-0.3, -0.25) is 0 Å². The predicted octanol–water partition coefficient (Wildman–Crippen LogP) is 4.60. The summed E-state index contributed by atoms with van der Waals surface area (Å²) >= 11 is 8.27. The molecule has 2 aliphatic carbocycles. The molecule has 8 heteroatoms. The van der Waals surface area contributed by atoms with Crippen LogP contribution in [0.3, 0.4) is 0 Å². The van der Waals surface area contributed by atoms with Crippen LogP contribution in [0.15, 0.2) is 49.1 Å². The second-order valence-corrected chi connectivity index (χ2v) is 10.1. The number of halogens is 2. The van der Waals surface area contributed by atoms with Gasteiger partial charge in [-0.05, 0) is 84.4 Å². The Morgan fingerprint density at radius 1 is 0.800 bits per heavy atom. The fourth-order valence-corrected chi connectivity index (χ4v) is 4.93. The lowest BCUT2D eigenvalue weighted by Crippen LogP contribution is -2.43. The predicted molar refractivity (Wildman–Crippen MR) is 128 cm³/mol. The van der Waals surface area contributed by atoms with Gasteiger partial charge in [0.05, 0.1) is 32.0 Å². The summed E-state index contributed by atoms with van der Waals surface area (Å²) in [5.41, 5.74) is 16.8. The minimum atomic E-state index is -0.132. The van der Waals surface area contributed by atoms with E-state index in [4.69, 9.17) is 23.1 Å². The van der Waals surface area contributed by atoms with Gasteiger partial charge in [-0.15, -0.1) is 0 Å². The first-order valence-electron chi connectivity index (χ1n) is 10.2. The van der Waals surface area contributed by atoms with Crippen molar-refractivity contribution in [3.8, 4) is 0 Å². The van der Waals surface area contributed by atoms with Crippen molar-refractivity contribution >= 4 is 45.2 Å². The van der Waals surface area contributed by atoms with Crippen LogP contribution in [0.5, 0.6) is 0 Å². The van der Waals surface area contributed by atoms with Crippen LogP contribution in [0.2, 0.25) is 5.02 Å². The van der Waals surface area contributed by atoms with E-state index in [1.54, 1.807) is 10.7 Å². The summed E-state index contributed by atoms with van der Waals surface area (Å²) in [5, 5.41) is 9.17. The molecular formula is C22H24ClIN6. The van der Waals surface area contributed by atoms with Gasteiger partial charge in [0, 0.05) is 23.5 Å². The molecule has 30 heavy (non-hydrogen) atoms. The van der Waals surface area contributed by atoms with Crippen LogP contribution in [0.25, 0.3) is 11.0 Å². The van der Waals surface area contributed by atoms with E-state index in [2.05, 4.69) is 57.2 Å². The number of pyridine rings is 2. The molecule has 0 saturated heterocycles. The van der Waals surface area contributed by atoms with Crippen molar-refractivity contribution in [2.45, 2.75) is 49.6 Å². The molecule has 0 amide bonds. The van der Waals surface area contributed by atoms with Gasteiger partial charge in [-0.2, -0.15) is 10.2 Å². The van der Waals surface area contributed by atoms with E-state index in [1.807, 2.05) is 23.0 Å². The molecule has 0 spiro atoms. The molecule has 4 N–H and O–H groups in total. The number of hydrogen-bond acceptors (Lipinski definition) is 4.